The van der Waals surface area contributed by atoms with Gasteiger partial charge in [-0.1, -0.05) is 12.1 Å². The predicted molar refractivity (Wildman–Crippen MR) is 85.5 cm³/mol. The minimum Gasteiger partial charge on any atom is -0.326 e. The van der Waals surface area contributed by atoms with Crippen molar-refractivity contribution < 1.29 is 4.79 Å². The van der Waals surface area contributed by atoms with E-state index in [0.717, 1.165) is 36.3 Å². The topological polar surface area (TPSA) is 69.8 Å². The Morgan fingerprint density at radius 2 is 2.10 bits per heavy atom. The predicted octanol–water partition coefficient (Wildman–Crippen LogP) is 2.58. The van der Waals surface area contributed by atoms with E-state index in [2.05, 4.69) is 20.8 Å². The highest BCUT2D eigenvalue weighted by atomic mass is 35.5. The Bertz CT molecular complexity index is 562. The van der Waals surface area contributed by atoms with E-state index in [1.54, 1.807) is 6.20 Å². The van der Waals surface area contributed by atoms with Crippen LogP contribution < -0.4 is 10.6 Å². The maximum absolute atomic E-state index is 11.9. The molecule has 3 N–H and O–H groups in total. The smallest absolute Gasteiger partial charge is 0.225 e. The number of rotatable bonds is 4. The van der Waals surface area contributed by atoms with Crippen LogP contribution in [0.15, 0.2) is 36.5 Å². The van der Waals surface area contributed by atoms with Crippen LogP contribution in [0, 0.1) is 0 Å². The Kier molecular flexibility index (Phi) is 5.36. The van der Waals surface area contributed by atoms with Crippen LogP contribution in [0.4, 0.5) is 5.69 Å². The maximum Gasteiger partial charge on any atom is 0.225 e. The number of hydrogen-bond acceptors (Lipinski definition) is 3. The molecule has 1 aromatic heterocycles. The monoisotopic (exact) mass is 306 g/mol. The van der Waals surface area contributed by atoms with Crippen molar-refractivity contribution in [2.24, 2.45) is 0 Å². The van der Waals surface area contributed by atoms with E-state index in [0.29, 0.717) is 12.5 Å². The average molecular weight is 307 g/mol. The standard InChI is InChI=1S/C15H18N4O.ClH/c20-15(10-13-2-1-8-16-13)18-12-5-3-11(4-6-12)14-7-9-17-19-14;/h3-7,9,13,16H,1-2,8,10H2,(H,17,19)(H,18,20);1H. The zero-order valence-electron chi connectivity index (χ0n) is 11.6. The largest absolute Gasteiger partial charge is 0.326 e. The quantitative estimate of drug-likeness (QED) is 0.813. The highest BCUT2D eigenvalue weighted by Gasteiger charge is 2.17. The second-order valence-electron chi connectivity index (χ2n) is 5.09. The van der Waals surface area contributed by atoms with Crippen LogP contribution in [0.1, 0.15) is 19.3 Å². The van der Waals surface area contributed by atoms with Crippen molar-refractivity contribution in [2.45, 2.75) is 25.3 Å². The number of aromatic amines is 1. The number of nitrogens with one attached hydrogen (secondary N) is 3. The van der Waals surface area contributed by atoms with E-state index in [9.17, 15) is 4.79 Å². The van der Waals surface area contributed by atoms with Crippen LogP contribution >= 0.6 is 12.4 Å². The van der Waals surface area contributed by atoms with Crippen LogP contribution in [0.25, 0.3) is 11.3 Å². The number of benzene rings is 1. The van der Waals surface area contributed by atoms with Gasteiger partial charge in [0.05, 0.1) is 5.69 Å². The van der Waals surface area contributed by atoms with Gasteiger partial charge in [0.2, 0.25) is 5.91 Å². The zero-order valence-corrected chi connectivity index (χ0v) is 12.5. The second kappa shape index (κ2) is 7.24. The fraction of sp³-hybridized carbons (Fsp3) is 0.333. The van der Waals surface area contributed by atoms with Gasteiger partial charge in [0.1, 0.15) is 0 Å². The molecule has 1 saturated heterocycles. The minimum atomic E-state index is 0. The molecule has 0 spiro atoms. The molecule has 6 heteroatoms. The molecule has 2 heterocycles. The van der Waals surface area contributed by atoms with E-state index in [4.69, 9.17) is 0 Å². The van der Waals surface area contributed by atoms with Crippen LogP contribution in [-0.2, 0) is 4.79 Å². The average Bonchev–Trinajstić information content (AvgIpc) is 3.12. The summed E-state index contributed by atoms with van der Waals surface area (Å²) in [6, 6.07) is 10.0. The SMILES string of the molecule is Cl.O=C(CC1CCCN1)Nc1ccc(-c2ccn[nH]2)cc1. The third-order valence-electron chi connectivity index (χ3n) is 3.57. The number of halogens is 1. The molecule has 1 fully saturated rings. The maximum atomic E-state index is 11.9. The van der Waals surface area contributed by atoms with Crippen molar-refractivity contribution in [3.8, 4) is 11.3 Å². The van der Waals surface area contributed by atoms with Crippen molar-refractivity contribution in [2.75, 3.05) is 11.9 Å². The Morgan fingerprint density at radius 3 is 2.71 bits per heavy atom. The number of amides is 1. The first-order chi connectivity index (χ1) is 9.81. The Balaban J connectivity index is 0.00000161. The summed E-state index contributed by atoms with van der Waals surface area (Å²) in [5.41, 5.74) is 2.85. The highest BCUT2D eigenvalue weighted by Crippen LogP contribution is 2.19. The number of H-pyrrole nitrogens is 1. The molecule has 1 unspecified atom stereocenters. The first-order valence-corrected chi connectivity index (χ1v) is 6.94. The van der Waals surface area contributed by atoms with Gasteiger partial charge in [0.25, 0.3) is 0 Å². The minimum absolute atomic E-state index is 0. The molecule has 0 radical (unpaired) electrons. The van der Waals surface area contributed by atoms with Crippen molar-refractivity contribution in [1.82, 2.24) is 15.5 Å². The molecule has 21 heavy (non-hydrogen) atoms. The van der Waals surface area contributed by atoms with Gasteiger partial charge in [-0.15, -0.1) is 12.4 Å². The molecule has 112 valence electrons. The summed E-state index contributed by atoms with van der Waals surface area (Å²) in [6.45, 7) is 1.02. The lowest BCUT2D eigenvalue weighted by atomic mass is 10.1. The molecule has 1 atom stereocenters. The van der Waals surface area contributed by atoms with Gasteiger partial charge in [0.15, 0.2) is 0 Å². The van der Waals surface area contributed by atoms with E-state index in [1.165, 1.54) is 0 Å². The highest BCUT2D eigenvalue weighted by molar-refractivity contribution is 5.91. The second-order valence-corrected chi connectivity index (χ2v) is 5.09. The van der Waals surface area contributed by atoms with Gasteiger partial charge in [-0.05, 0) is 43.1 Å². The van der Waals surface area contributed by atoms with Gasteiger partial charge >= 0.3 is 0 Å². The summed E-state index contributed by atoms with van der Waals surface area (Å²) in [5, 5.41) is 13.1. The number of anilines is 1. The van der Waals surface area contributed by atoms with Crippen molar-refractivity contribution in [3.05, 3.63) is 36.5 Å². The lowest BCUT2D eigenvalue weighted by Gasteiger charge is -2.10. The summed E-state index contributed by atoms with van der Waals surface area (Å²) in [4.78, 5) is 11.9. The molecule has 0 saturated carbocycles. The molecule has 2 aromatic rings. The molecular formula is C15H19ClN4O. The van der Waals surface area contributed by atoms with Gasteiger partial charge in [-0.25, -0.2) is 0 Å². The molecule has 0 aliphatic carbocycles. The summed E-state index contributed by atoms with van der Waals surface area (Å²) >= 11 is 0. The third kappa shape index (κ3) is 4.06. The van der Waals surface area contributed by atoms with Crippen molar-refractivity contribution >= 4 is 24.0 Å². The van der Waals surface area contributed by atoms with Gasteiger partial charge in [-0.3, -0.25) is 9.89 Å². The van der Waals surface area contributed by atoms with Crippen LogP contribution in [0.3, 0.4) is 0 Å². The van der Waals surface area contributed by atoms with Crippen LogP contribution in [0.2, 0.25) is 0 Å². The molecule has 1 aliphatic rings. The lowest BCUT2D eigenvalue weighted by Crippen LogP contribution is -2.27. The molecule has 5 nitrogen and oxygen atoms in total. The fourth-order valence-corrected chi connectivity index (χ4v) is 2.52. The molecule has 1 amide bonds. The molecule has 0 bridgehead atoms. The zero-order chi connectivity index (χ0) is 13.8. The first-order valence-electron chi connectivity index (χ1n) is 6.94. The molecule has 1 aliphatic heterocycles. The van der Waals surface area contributed by atoms with E-state index >= 15 is 0 Å². The van der Waals surface area contributed by atoms with Gasteiger partial charge in [0, 0.05) is 24.3 Å². The summed E-state index contributed by atoms with van der Waals surface area (Å²) < 4.78 is 0. The summed E-state index contributed by atoms with van der Waals surface area (Å²) in [7, 11) is 0. The van der Waals surface area contributed by atoms with Crippen molar-refractivity contribution in [3.63, 3.8) is 0 Å². The Labute approximate surface area is 129 Å². The first kappa shape index (κ1) is 15.5. The van der Waals surface area contributed by atoms with Gasteiger partial charge in [-0.2, -0.15) is 5.10 Å². The van der Waals surface area contributed by atoms with Gasteiger partial charge < -0.3 is 10.6 Å². The number of aromatic nitrogens is 2. The Hall–Kier alpha value is -1.85. The molecular weight excluding hydrogens is 288 g/mol. The molecule has 3 rings (SSSR count). The third-order valence-corrected chi connectivity index (χ3v) is 3.57. The normalized spacial score (nSPS) is 17.2. The lowest BCUT2D eigenvalue weighted by molar-refractivity contribution is -0.116. The van der Waals surface area contributed by atoms with E-state index < -0.39 is 0 Å². The number of nitrogens with zero attached hydrogens (tertiary/aromatic N) is 1. The van der Waals surface area contributed by atoms with Crippen molar-refractivity contribution in [1.29, 1.82) is 0 Å². The molecule has 1 aromatic carbocycles. The number of hydrogen-bond donors (Lipinski definition) is 3. The summed E-state index contributed by atoms with van der Waals surface area (Å²) in [6.07, 6.45) is 4.52. The van der Waals surface area contributed by atoms with E-state index in [-0.39, 0.29) is 18.3 Å². The van der Waals surface area contributed by atoms with E-state index in [1.807, 2.05) is 30.3 Å². The van der Waals surface area contributed by atoms with Crippen LogP contribution in [0.5, 0.6) is 0 Å². The fourth-order valence-electron chi connectivity index (χ4n) is 2.52. The number of carbonyl (C=O) groups is 1. The van der Waals surface area contributed by atoms with Crippen LogP contribution in [-0.4, -0.2) is 28.7 Å². The number of carbonyl (C=O) groups excluding carboxylic acids is 1. The summed E-state index contributed by atoms with van der Waals surface area (Å²) in [5.74, 6) is 0.0682. The Morgan fingerprint density at radius 1 is 1.29 bits per heavy atom.